The average molecular weight is 405 g/mol. The Bertz CT molecular complexity index is 996. The van der Waals surface area contributed by atoms with E-state index in [2.05, 4.69) is 33.8 Å². The number of rotatable bonds is 6. The van der Waals surface area contributed by atoms with Crippen LogP contribution in [0.2, 0.25) is 0 Å². The van der Waals surface area contributed by atoms with Gasteiger partial charge in [-0.1, -0.05) is 44.2 Å². The van der Waals surface area contributed by atoms with Crippen molar-refractivity contribution < 1.29 is 14.3 Å². The van der Waals surface area contributed by atoms with Crippen molar-refractivity contribution in [1.82, 2.24) is 5.01 Å². The Kier molecular flexibility index (Phi) is 4.84. The highest BCUT2D eigenvalue weighted by atomic mass is 16.5. The summed E-state index contributed by atoms with van der Waals surface area (Å²) in [7, 11) is 0. The van der Waals surface area contributed by atoms with Gasteiger partial charge < -0.3 is 9.47 Å². The van der Waals surface area contributed by atoms with Crippen molar-refractivity contribution in [3.05, 3.63) is 60.2 Å². The third-order valence-corrected chi connectivity index (χ3v) is 6.62. The van der Waals surface area contributed by atoms with Crippen LogP contribution in [-0.4, -0.2) is 22.6 Å². The normalized spacial score (nSPS) is 28.7. The molecule has 2 aliphatic rings. The number of hydrazine groups is 1. The molecule has 1 saturated heterocycles. The summed E-state index contributed by atoms with van der Waals surface area (Å²) in [5, 5.41) is 11.5. The molecule has 156 valence electrons. The van der Waals surface area contributed by atoms with E-state index in [9.17, 15) is 10.1 Å². The van der Waals surface area contributed by atoms with E-state index in [-0.39, 0.29) is 34.8 Å². The molecule has 0 radical (unpaired) electrons. The number of nitriles is 1. The lowest BCUT2D eigenvalue weighted by Gasteiger charge is -2.13. The molecule has 5 atom stereocenters. The van der Waals surface area contributed by atoms with Gasteiger partial charge in [0, 0.05) is 17.1 Å². The minimum absolute atomic E-state index is 0.116. The van der Waals surface area contributed by atoms with Gasteiger partial charge in [0.1, 0.15) is 17.6 Å². The molecule has 1 aliphatic heterocycles. The van der Waals surface area contributed by atoms with Crippen molar-refractivity contribution in [2.75, 3.05) is 0 Å². The van der Waals surface area contributed by atoms with Crippen LogP contribution in [0.4, 0.5) is 0 Å². The summed E-state index contributed by atoms with van der Waals surface area (Å²) in [5.41, 5.74) is 0.265. The monoisotopic (exact) mass is 405 g/mol. The molecule has 2 fully saturated rings. The first-order valence-electron chi connectivity index (χ1n) is 10.1. The molecule has 1 heterocycles. The second-order valence-electron chi connectivity index (χ2n) is 9.26. The standard InChI is InChI=1S/C24H27N3O3/c1-23(2)19(21-24(3,4)27(21)26)20(23)22(28)30-18(14-25)15-9-8-12-17(13-15)29-16-10-6-5-7-11-16/h5-13,18-21H,26H2,1-4H3/t18-,19-,20+,21+,27?/m1/s1. The summed E-state index contributed by atoms with van der Waals surface area (Å²) in [6.45, 7) is 8.26. The van der Waals surface area contributed by atoms with Crippen LogP contribution in [0.1, 0.15) is 39.4 Å². The summed E-state index contributed by atoms with van der Waals surface area (Å²) < 4.78 is 11.5. The average Bonchev–Trinajstić information content (AvgIpc) is 3.46. The van der Waals surface area contributed by atoms with Gasteiger partial charge in [0.05, 0.1) is 5.92 Å². The van der Waals surface area contributed by atoms with Gasteiger partial charge in [-0.25, -0.2) is 5.01 Å². The first kappa shape index (κ1) is 20.4. The topological polar surface area (TPSA) is 88.4 Å². The zero-order valence-electron chi connectivity index (χ0n) is 17.7. The van der Waals surface area contributed by atoms with Gasteiger partial charge in [0.15, 0.2) is 0 Å². The van der Waals surface area contributed by atoms with Crippen molar-refractivity contribution in [3.63, 3.8) is 0 Å². The Morgan fingerprint density at radius 1 is 1.10 bits per heavy atom. The second kappa shape index (κ2) is 7.12. The fourth-order valence-corrected chi connectivity index (χ4v) is 4.60. The molecule has 0 aromatic heterocycles. The molecule has 0 spiro atoms. The van der Waals surface area contributed by atoms with E-state index in [1.165, 1.54) is 0 Å². The maximum absolute atomic E-state index is 12.9. The maximum Gasteiger partial charge on any atom is 0.311 e. The summed E-state index contributed by atoms with van der Waals surface area (Å²) >= 11 is 0. The second-order valence-corrected chi connectivity index (χ2v) is 9.26. The van der Waals surface area contributed by atoms with E-state index >= 15 is 0 Å². The van der Waals surface area contributed by atoms with E-state index in [0.717, 1.165) is 0 Å². The molecule has 0 bridgehead atoms. The predicted octanol–water partition coefficient (Wildman–Crippen LogP) is 4.20. The van der Waals surface area contributed by atoms with E-state index < -0.39 is 6.10 Å². The molecule has 1 unspecified atom stereocenters. The zero-order chi connectivity index (χ0) is 21.7. The summed E-state index contributed by atoms with van der Waals surface area (Å²) in [4.78, 5) is 12.9. The lowest BCUT2D eigenvalue weighted by Crippen LogP contribution is -2.16. The number of hydrogen-bond acceptors (Lipinski definition) is 6. The van der Waals surface area contributed by atoms with Gasteiger partial charge in [0.25, 0.3) is 0 Å². The summed E-state index contributed by atoms with van der Waals surface area (Å²) in [6, 6.07) is 18.7. The number of nitrogens with zero attached hydrogens (tertiary/aromatic N) is 2. The molecule has 6 heteroatoms. The molecule has 1 aliphatic carbocycles. The van der Waals surface area contributed by atoms with Crippen LogP contribution in [0.15, 0.2) is 54.6 Å². The van der Waals surface area contributed by atoms with E-state index in [1.54, 1.807) is 29.3 Å². The smallest absolute Gasteiger partial charge is 0.311 e. The number of carbonyl (C=O) groups is 1. The predicted molar refractivity (Wildman–Crippen MR) is 112 cm³/mol. The molecule has 1 saturated carbocycles. The van der Waals surface area contributed by atoms with E-state index in [4.69, 9.17) is 15.3 Å². The first-order chi connectivity index (χ1) is 14.2. The lowest BCUT2D eigenvalue weighted by molar-refractivity contribution is -0.149. The van der Waals surface area contributed by atoms with Crippen LogP contribution in [0.25, 0.3) is 0 Å². The van der Waals surface area contributed by atoms with Gasteiger partial charge >= 0.3 is 5.97 Å². The van der Waals surface area contributed by atoms with Gasteiger partial charge in [-0.05, 0) is 49.4 Å². The molecule has 6 nitrogen and oxygen atoms in total. The number of ether oxygens (including phenoxy) is 2. The molecule has 0 amide bonds. The van der Waals surface area contributed by atoms with Crippen LogP contribution in [0.3, 0.4) is 0 Å². The molecule has 30 heavy (non-hydrogen) atoms. The number of para-hydroxylation sites is 1. The van der Waals surface area contributed by atoms with Crippen molar-refractivity contribution in [2.24, 2.45) is 23.1 Å². The van der Waals surface area contributed by atoms with Crippen molar-refractivity contribution in [1.29, 1.82) is 5.26 Å². The fraction of sp³-hybridized carbons (Fsp3) is 0.417. The highest BCUT2D eigenvalue weighted by Gasteiger charge is 2.74. The third kappa shape index (κ3) is 3.45. The fourth-order valence-electron chi connectivity index (χ4n) is 4.60. The number of esters is 1. The molecule has 2 aromatic rings. The van der Waals surface area contributed by atoms with Crippen LogP contribution < -0.4 is 10.6 Å². The van der Waals surface area contributed by atoms with Crippen LogP contribution in [0.5, 0.6) is 11.5 Å². The largest absolute Gasteiger partial charge is 0.457 e. The Morgan fingerprint density at radius 2 is 1.73 bits per heavy atom. The Hall–Kier alpha value is -2.88. The molecule has 2 aromatic carbocycles. The van der Waals surface area contributed by atoms with Gasteiger partial charge in [0.2, 0.25) is 6.10 Å². The molecule has 4 rings (SSSR count). The minimum atomic E-state index is -0.991. The third-order valence-electron chi connectivity index (χ3n) is 6.62. The Balaban J connectivity index is 1.46. The summed E-state index contributed by atoms with van der Waals surface area (Å²) in [6.07, 6.45) is -0.991. The number of benzene rings is 2. The van der Waals surface area contributed by atoms with E-state index in [1.807, 2.05) is 30.3 Å². The summed E-state index contributed by atoms with van der Waals surface area (Å²) in [5.74, 6) is 6.87. The molecule has 2 N–H and O–H groups in total. The zero-order valence-corrected chi connectivity index (χ0v) is 17.7. The van der Waals surface area contributed by atoms with Gasteiger partial charge in [-0.2, -0.15) is 5.26 Å². The SMILES string of the molecule is CC1(C)[C@@H]([C@@H]2N(N)C2(C)C)[C@H]1C(=O)O[C@H](C#N)c1cccc(Oc2ccccc2)c1. The molecular weight excluding hydrogens is 378 g/mol. The van der Waals surface area contributed by atoms with Crippen LogP contribution in [0, 0.1) is 28.6 Å². The number of nitrogens with two attached hydrogens (primary N) is 1. The Morgan fingerprint density at radius 3 is 2.33 bits per heavy atom. The number of carbonyl (C=O) groups excluding carboxylic acids is 1. The molecular formula is C24H27N3O3. The highest BCUT2D eigenvalue weighted by molar-refractivity contribution is 5.78. The van der Waals surface area contributed by atoms with Crippen LogP contribution in [-0.2, 0) is 9.53 Å². The van der Waals surface area contributed by atoms with E-state index in [0.29, 0.717) is 17.1 Å². The number of hydrogen-bond donors (Lipinski definition) is 1. The first-order valence-corrected chi connectivity index (χ1v) is 10.1. The lowest BCUT2D eigenvalue weighted by atomic mass is 10.0. The quantitative estimate of drug-likeness (QED) is 0.440. The van der Waals surface area contributed by atoms with Crippen molar-refractivity contribution in [3.8, 4) is 17.6 Å². The minimum Gasteiger partial charge on any atom is -0.457 e. The van der Waals surface area contributed by atoms with Gasteiger partial charge in [-0.3, -0.25) is 10.6 Å². The van der Waals surface area contributed by atoms with Crippen molar-refractivity contribution in [2.45, 2.75) is 45.4 Å². The van der Waals surface area contributed by atoms with Gasteiger partial charge in [-0.15, -0.1) is 0 Å². The maximum atomic E-state index is 12.9. The highest BCUT2D eigenvalue weighted by Crippen LogP contribution is 2.67. The Labute approximate surface area is 177 Å². The van der Waals surface area contributed by atoms with Crippen LogP contribution >= 0.6 is 0 Å². The van der Waals surface area contributed by atoms with Crippen molar-refractivity contribution >= 4 is 5.97 Å².